The van der Waals surface area contributed by atoms with Crippen LogP contribution in [-0.4, -0.2) is 46.9 Å². The molecular weight excluding hydrogens is 827 g/mol. The van der Waals surface area contributed by atoms with E-state index in [-0.39, 0.29) is 24.9 Å². The van der Waals surface area contributed by atoms with Gasteiger partial charge in [0.25, 0.3) is 0 Å². The Hall–Kier alpha value is -1.40. The first kappa shape index (κ1) is 65.6. The highest BCUT2D eigenvalue weighted by molar-refractivity contribution is 5.77. The van der Waals surface area contributed by atoms with Crippen LogP contribution in [0.1, 0.15) is 342 Å². The maximum absolute atomic E-state index is 13.3. The summed E-state index contributed by atoms with van der Waals surface area (Å²) in [6.07, 6.45) is 64.2. The molecule has 0 aliphatic rings. The van der Waals surface area contributed by atoms with E-state index in [2.05, 4.69) is 38.2 Å². The fourth-order valence-corrected chi connectivity index (χ4v) is 9.72. The van der Waals surface area contributed by atoms with E-state index >= 15 is 0 Å². The van der Waals surface area contributed by atoms with Gasteiger partial charge in [-0.25, -0.2) is 0 Å². The summed E-state index contributed by atoms with van der Waals surface area (Å²) in [5.74, 6) is -0.458. The summed E-state index contributed by atoms with van der Waals surface area (Å²) in [6, 6.07) is -0.698. The molecule has 3 atom stereocenters. The number of esters is 1. The first-order valence-electron chi connectivity index (χ1n) is 30.4. The summed E-state index contributed by atoms with van der Waals surface area (Å²) in [5.41, 5.74) is 0. The highest BCUT2D eigenvalue weighted by Crippen LogP contribution is 2.19. The lowest BCUT2D eigenvalue weighted by Gasteiger charge is -2.24. The van der Waals surface area contributed by atoms with Crippen LogP contribution in [0, 0.1) is 0 Å². The van der Waals surface area contributed by atoms with Crippen LogP contribution >= 0.6 is 0 Å². The zero-order valence-corrected chi connectivity index (χ0v) is 45.6. The zero-order chi connectivity index (χ0) is 48.8. The van der Waals surface area contributed by atoms with Crippen molar-refractivity contribution in [2.24, 2.45) is 0 Å². The quantitative estimate of drug-likeness (QED) is 0.0321. The number of ether oxygens (including phenoxy) is 1. The molecule has 0 aromatic carbocycles. The van der Waals surface area contributed by atoms with E-state index in [1.54, 1.807) is 0 Å². The molecule has 0 fully saturated rings. The van der Waals surface area contributed by atoms with E-state index in [1.165, 1.54) is 244 Å². The Balaban J connectivity index is 4.49. The van der Waals surface area contributed by atoms with Crippen LogP contribution in [0.5, 0.6) is 0 Å². The Labute approximate surface area is 419 Å². The summed E-state index contributed by atoms with van der Waals surface area (Å²) in [6.45, 7) is 6.54. The fourth-order valence-electron chi connectivity index (χ4n) is 9.72. The topological polar surface area (TPSA) is 95.9 Å². The Morgan fingerprint density at radius 2 is 0.716 bits per heavy atom. The first-order chi connectivity index (χ1) is 33.0. The number of hydrogen-bond acceptors (Lipinski definition) is 5. The van der Waals surface area contributed by atoms with Crippen molar-refractivity contribution in [2.75, 3.05) is 6.61 Å². The largest absolute Gasteiger partial charge is 0.462 e. The monoisotopic (exact) mass is 946 g/mol. The van der Waals surface area contributed by atoms with Gasteiger partial charge in [0.1, 0.15) is 6.10 Å². The van der Waals surface area contributed by atoms with E-state index in [0.717, 1.165) is 51.4 Å². The lowest BCUT2D eigenvalue weighted by Crippen LogP contribution is -2.46. The zero-order valence-electron chi connectivity index (χ0n) is 45.6. The van der Waals surface area contributed by atoms with Gasteiger partial charge in [-0.2, -0.15) is 0 Å². The Morgan fingerprint density at radius 3 is 1.06 bits per heavy atom. The number of aliphatic hydroxyl groups excluding tert-OH is 2. The highest BCUT2D eigenvalue weighted by atomic mass is 16.5. The van der Waals surface area contributed by atoms with Crippen molar-refractivity contribution in [1.82, 2.24) is 5.32 Å². The number of allylic oxidation sites excluding steroid dienone is 2. The minimum Gasteiger partial charge on any atom is -0.462 e. The lowest BCUT2D eigenvalue weighted by atomic mass is 10.0. The van der Waals surface area contributed by atoms with Crippen molar-refractivity contribution in [3.8, 4) is 0 Å². The highest BCUT2D eigenvalue weighted by Gasteiger charge is 2.24. The molecule has 0 bridgehead atoms. The average molecular weight is 947 g/mol. The molecule has 3 N–H and O–H groups in total. The molecular formula is C61H119NO5. The van der Waals surface area contributed by atoms with Crippen molar-refractivity contribution in [3.05, 3.63) is 12.2 Å². The van der Waals surface area contributed by atoms with Gasteiger partial charge in [-0.1, -0.05) is 290 Å². The molecule has 0 heterocycles. The molecule has 0 radical (unpaired) electrons. The van der Waals surface area contributed by atoms with E-state index in [1.807, 2.05) is 0 Å². The number of rotatable bonds is 56. The summed E-state index contributed by atoms with van der Waals surface area (Å²) in [4.78, 5) is 26.3. The molecule has 0 saturated heterocycles. The Kier molecular flexibility index (Phi) is 54.4. The van der Waals surface area contributed by atoms with Crippen LogP contribution in [-0.2, 0) is 14.3 Å². The molecule has 0 aromatic heterocycles. The van der Waals surface area contributed by atoms with E-state index in [4.69, 9.17) is 4.74 Å². The number of aliphatic hydroxyl groups is 2. The minimum absolute atomic E-state index is 0.0825. The molecule has 67 heavy (non-hydrogen) atoms. The molecule has 398 valence electrons. The minimum atomic E-state index is -0.784. The molecule has 6 nitrogen and oxygen atoms in total. The van der Waals surface area contributed by atoms with Crippen LogP contribution < -0.4 is 5.32 Å². The number of carbonyl (C=O) groups is 2. The van der Waals surface area contributed by atoms with Crippen LogP contribution in [0.2, 0.25) is 0 Å². The van der Waals surface area contributed by atoms with Crippen LogP contribution in [0.3, 0.4) is 0 Å². The second kappa shape index (κ2) is 55.5. The molecule has 3 unspecified atom stereocenters. The maximum Gasteiger partial charge on any atom is 0.306 e. The van der Waals surface area contributed by atoms with Crippen molar-refractivity contribution in [2.45, 2.75) is 360 Å². The van der Waals surface area contributed by atoms with E-state index < -0.39 is 18.2 Å². The van der Waals surface area contributed by atoms with Crippen molar-refractivity contribution in [3.63, 3.8) is 0 Å². The third-order valence-corrected chi connectivity index (χ3v) is 14.3. The molecule has 0 rings (SSSR count). The lowest BCUT2D eigenvalue weighted by molar-refractivity contribution is -0.151. The summed E-state index contributed by atoms with van der Waals surface area (Å²) >= 11 is 0. The van der Waals surface area contributed by atoms with Gasteiger partial charge >= 0.3 is 5.97 Å². The number of nitrogens with one attached hydrogen (secondary N) is 1. The van der Waals surface area contributed by atoms with Gasteiger partial charge in [-0.3, -0.25) is 9.59 Å². The smallest absolute Gasteiger partial charge is 0.306 e. The summed E-state index contributed by atoms with van der Waals surface area (Å²) in [5, 5.41) is 23.9. The molecule has 0 saturated carbocycles. The molecule has 0 spiro atoms. The first-order valence-corrected chi connectivity index (χ1v) is 30.4. The second-order valence-electron chi connectivity index (χ2n) is 21.1. The summed E-state index contributed by atoms with van der Waals surface area (Å²) < 4.78 is 5.97. The standard InChI is InChI=1S/C61H119NO5/c1-4-7-10-13-16-19-22-25-28-30-32-35-38-41-44-47-50-53-59(64)58(56-63)62-60(65)55-57(52-49-46-43-40-37-34-31-27-24-21-18-15-12-9-6-3)67-61(66)54-51-48-45-42-39-36-33-29-26-23-20-17-14-11-8-5-2/h29,33,57-59,63-64H,4-28,30-32,34-56H2,1-3H3,(H,62,65)/b33-29+. The van der Waals surface area contributed by atoms with Gasteiger partial charge in [0.05, 0.1) is 25.2 Å². The fraction of sp³-hybridized carbons (Fsp3) is 0.934. The van der Waals surface area contributed by atoms with Crippen molar-refractivity contribution in [1.29, 1.82) is 0 Å². The van der Waals surface area contributed by atoms with Gasteiger partial charge in [0, 0.05) is 6.42 Å². The predicted molar refractivity (Wildman–Crippen MR) is 292 cm³/mol. The van der Waals surface area contributed by atoms with Gasteiger partial charge in [-0.05, 0) is 51.4 Å². The van der Waals surface area contributed by atoms with Crippen molar-refractivity contribution < 1.29 is 24.5 Å². The van der Waals surface area contributed by atoms with Gasteiger partial charge in [0.2, 0.25) is 5.91 Å². The third kappa shape index (κ3) is 50.8. The second-order valence-corrected chi connectivity index (χ2v) is 21.1. The Morgan fingerprint density at radius 1 is 0.418 bits per heavy atom. The molecule has 0 aromatic rings. The number of amides is 1. The van der Waals surface area contributed by atoms with Gasteiger partial charge < -0.3 is 20.3 Å². The van der Waals surface area contributed by atoms with Crippen LogP contribution in [0.25, 0.3) is 0 Å². The number of unbranched alkanes of at least 4 members (excludes halogenated alkanes) is 42. The maximum atomic E-state index is 13.3. The van der Waals surface area contributed by atoms with Gasteiger partial charge in [-0.15, -0.1) is 0 Å². The summed E-state index contributed by atoms with van der Waals surface area (Å²) in [7, 11) is 0. The molecule has 0 aliphatic carbocycles. The SMILES string of the molecule is CCCCCCCCC/C=C/CCCCCCCC(=O)OC(CCCCCCCCCCCCCCCCC)CC(=O)NC(CO)C(O)CCCCCCCCCCCCCCCCCCC. The third-order valence-electron chi connectivity index (χ3n) is 14.3. The number of carbonyl (C=O) groups excluding carboxylic acids is 2. The molecule has 6 heteroatoms. The van der Waals surface area contributed by atoms with E-state index in [0.29, 0.717) is 19.3 Å². The van der Waals surface area contributed by atoms with Gasteiger partial charge in [0.15, 0.2) is 0 Å². The number of hydrogen-bond donors (Lipinski definition) is 3. The predicted octanol–water partition coefficient (Wildman–Crippen LogP) is 18.9. The Bertz CT molecular complexity index is 1020. The van der Waals surface area contributed by atoms with Crippen LogP contribution in [0.15, 0.2) is 12.2 Å². The molecule has 1 amide bonds. The van der Waals surface area contributed by atoms with Crippen LogP contribution in [0.4, 0.5) is 0 Å². The van der Waals surface area contributed by atoms with Crippen molar-refractivity contribution >= 4 is 11.9 Å². The normalized spacial score (nSPS) is 13.1. The average Bonchev–Trinajstić information content (AvgIpc) is 3.32. The van der Waals surface area contributed by atoms with E-state index in [9.17, 15) is 19.8 Å². The molecule has 0 aliphatic heterocycles.